The zero-order valence-corrected chi connectivity index (χ0v) is 14.9. The van der Waals surface area contributed by atoms with Gasteiger partial charge in [0.2, 0.25) is 5.91 Å². The molecule has 138 valence electrons. The third-order valence-electron chi connectivity index (χ3n) is 5.45. The lowest BCUT2D eigenvalue weighted by atomic mass is 9.90. The number of nitrogens with zero attached hydrogens (tertiary/aromatic N) is 1. The maximum atomic E-state index is 12.2. The molecule has 1 aliphatic heterocycles. The summed E-state index contributed by atoms with van der Waals surface area (Å²) in [5.74, 6) is 0.854. The molecule has 2 fully saturated rings. The van der Waals surface area contributed by atoms with Crippen molar-refractivity contribution >= 4 is 11.9 Å². The van der Waals surface area contributed by atoms with E-state index in [1.807, 2.05) is 11.8 Å². The zero-order valence-electron chi connectivity index (χ0n) is 14.9. The van der Waals surface area contributed by atoms with Gasteiger partial charge in [-0.2, -0.15) is 0 Å². The molecule has 0 aromatic carbocycles. The third kappa shape index (κ3) is 5.65. The molecule has 2 atom stereocenters. The van der Waals surface area contributed by atoms with Crippen LogP contribution in [0.5, 0.6) is 0 Å². The quantitative estimate of drug-likeness (QED) is 0.619. The summed E-state index contributed by atoms with van der Waals surface area (Å²) in [5, 5.41) is 15.3. The Labute approximate surface area is 145 Å². The molecule has 0 aromatic rings. The molecular weight excluding hydrogens is 306 g/mol. The number of aliphatic hydroxyl groups excluding tert-OH is 1. The number of likely N-dealkylation sites (tertiary alicyclic amines) is 1. The van der Waals surface area contributed by atoms with Gasteiger partial charge in [0.15, 0.2) is 0 Å². The number of amides is 3. The highest BCUT2D eigenvalue weighted by Crippen LogP contribution is 2.26. The van der Waals surface area contributed by atoms with Crippen LogP contribution in [0.3, 0.4) is 0 Å². The van der Waals surface area contributed by atoms with E-state index >= 15 is 0 Å². The molecule has 0 spiro atoms. The number of aliphatic hydroxyl groups is 1. The summed E-state index contributed by atoms with van der Waals surface area (Å²) in [6.45, 7) is 4.08. The zero-order chi connectivity index (χ0) is 17.4. The number of hydrogen-bond acceptors (Lipinski definition) is 3. The summed E-state index contributed by atoms with van der Waals surface area (Å²) < 4.78 is 0. The molecule has 1 heterocycles. The van der Waals surface area contributed by atoms with Gasteiger partial charge in [-0.25, -0.2) is 4.79 Å². The predicted molar refractivity (Wildman–Crippen MR) is 93.6 cm³/mol. The Morgan fingerprint density at radius 2 is 2.00 bits per heavy atom. The summed E-state index contributed by atoms with van der Waals surface area (Å²) in [6, 6.07) is -0.120. The average Bonchev–Trinajstić information content (AvgIpc) is 2.77. The molecule has 3 N–H and O–H groups in total. The molecule has 2 unspecified atom stereocenters. The van der Waals surface area contributed by atoms with Crippen molar-refractivity contribution in [3.63, 3.8) is 0 Å². The second kappa shape index (κ2) is 9.87. The Bertz CT molecular complexity index is 408. The first-order valence-corrected chi connectivity index (χ1v) is 9.57. The van der Waals surface area contributed by atoms with Crippen LogP contribution in [0.25, 0.3) is 0 Å². The summed E-state index contributed by atoms with van der Waals surface area (Å²) in [7, 11) is 0. The van der Waals surface area contributed by atoms with Crippen molar-refractivity contribution in [2.45, 2.75) is 64.3 Å². The molecule has 1 saturated carbocycles. The van der Waals surface area contributed by atoms with Crippen molar-refractivity contribution < 1.29 is 14.7 Å². The molecule has 2 rings (SSSR count). The van der Waals surface area contributed by atoms with Gasteiger partial charge in [-0.05, 0) is 32.1 Å². The first-order valence-electron chi connectivity index (χ1n) is 9.57. The Hall–Kier alpha value is -1.30. The Morgan fingerprint density at radius 3 is 2.58 bits per heavy atom. The third-order valence-corrected chi connectivity index (χ3v) is 5.45. The summed E-state index contributed by atoms with van der Waals surface area (Å²) in [6.07, 6.45) is 8.39. The Kier molecular flexibility index (Phi) is 7.82. The minimum absolute atomic E-state index is 0.0467. The number of urea groups is 1. The van der Waals surface area contributed by atoms with Gasteiger partial charge in [0.1, 0.15) is 0 Å². The van der Waals surface area contributed by atoms with Crippen molar-refractivity contribution in [1.82, 2.24) is 15.5 Å². The predicted octanol–water partition coefficient (Wildman–Crippen LogP) is 1.88. The van der Waals surface area contributed by atoms with Gasteiger partial charge in [-0.15, -0.1) is 0 Å². The van der Waals surface area contributed by atoms with Gasteiger partial charge in [0.25, 0.3) is 0 Å². The number of nitrogens with one attached hydrogen (secondary N) is 2. The highest BCUT2D eigenvalue weighted by Gasteiger charge is 2.29. The van der Waals surface area contributed by atoms with Crippen LogP contribution < -0.4 is 10.6 Å². The number of rotatable bonds is 7. The van der Waals surface area contributed by atoms with Crippen molar-refractivity contribution in [2.75, 3.05) is 26.2 Å². The fourth-order valence-electron chi connectivity index (χ4n) is 4.03. The topological polar surface area (TPSA) is 81.7 Å². The molecule has 0 radical (unpaired) electrons. The van der Waals surface area contributed by atoms with Crippen molar-refractivity contribution in [2.24, 2.45) is 11.8 Å². The van der Waals surface area contributed by atoms with E-state index in [1.54, 1.807) is 0 Å². The SMILES string of the molecule is CCN1CC(CNC(=O)NC(CCO)C2CCCCCC2)CC1=O. The minimum atomic E-state index is -0.167. The van der Waals surface area contributed by atoms with Crippen LogP contribution >= 0.6 is 0 Å². The van der Waals surface area contributed by atoms with E-state index in [4.69, 9.17) is 0 Å². The highest BCUT2D eigenvalue weighted by molar-refractivity contribution is 5.79. The van der Waals surface area contributed by atoms with Crippen LogP contribution in [-0.4, -0.2) is 54.2 Å². The van der Waals surface area contributed by atoms with E-state index in [0.29, 0.717) is 25.3 Å². The lowest BCUT2D eigenvalue weighted by Gasteiger charge is -2.27. The first kappa shape index (κ1) is 19.0. The van der Waals surface area contributed by atoms with Gasteiger partial charge in [0, 0.05) is 44.6 Å². The molecule has 0 bridgehead atoms. The van der Waals surface area contributed by atoms with Crippen LogP contribution in [-0.2, 0) is 4.79 Å². The van der Waals surface area contributed by atoms with Gasteiger partial charge >= 0.3 is 6.03 Å². The second-order valence-corrected chi connectivity index (χ2v) is 7.23. The second-order valence-electron chi connectivity index (χ2n) is 7.23. The van der Waals surface area contributed by atoms with Crippen molar-refractivity contribution in [3.8, 4) is 0 Å². The number of carbonyl (C=O) groups is 2. The van der Waals surface area contributed by atoms with E-state index in [1.165, 1.54) is 25.7 Å². The van der Waals surface area contributed by atoms with E-state index < -0.39 is 0 Å². The Balaban J connectivity index is 1.77. The van der Waals surface area contributed by atoms with E-state index in [9.17, 15) is 14.7 Å². The van der Waals surface area contributed by atoms with Crippen molar-refractivity contribution in [1.29, 1.82) is 0 Å². The summed E-state index contributed by atoms with van der Waals surface area (Å²) >= 11 is 0. The van der Waals surface area contributed by atoms with Crippen LogP contribution in [0, 0.1) is 11.8 Å². The largest absolute Gasteiger partial charge is 0.396 e. The first-order chi connectivity index (χ1) is 11.6. The van der Waals surface area contributed by atoms with Gasteiger partial charge < -0.3 is 20.6 Å². The van der Waals surface area contributed by atoms with E-state index in [0.717, 1.165) is 25.9 Å². The molecule has 0 aromatic heterocycles. The highest BCUT2D eigenvalue weighted by atomic mass is 16.3. The van der Waals surface area contributed by atoms with E-state index in [-0.39, 0.29) is 30.5 Å². The average molecular weight is 339 g/mol. The summed E-state index contributed by atoms with van der Waals surface area (Å²) in [4.78, 5) is 25.8. The molecule has 3 amide bonds. The van der Waals surface area contributed by atoms with Gasteiger partial charge in [-0.3, -0.25) is 4.79 Å². The maximum absolute atomic E-state index is 12.2. The molecule has 1 saturated heterocycles. The van der Waals surface area contributed by atoms with E-state index in [2.05, 4.69) is 10.6 Å². The van der Waals surface area contributed by atoms with Crippen LogP contribution in [0.15, 0.2) is 0 Å². The lowest BCUT2D eigenvalue weighted by molar-refractivity contribution is -0.127. The molecular formula is C18H33N3O3. The summed E-state index contributed by atoms with van der Waals surface area (Å²) in [5.41, 5.74) is 0. The van der Waals surface area contributed by atoms with Crippen LogP contribution in [0.1, 0.15) is 58.3 Å². The standard InChI is InChI=1S/C18H33N3O3/c1-2-21-13-14(11-17(21)23)12-19-18(24)20-16(9-10-22)15-7-5-3-4-6-8-15/h14-16,22H,2-13H2,1H3,(H2,19,20,24). The number of carbonyl (C=O) groups excluding carboxylic acids is 2. The molecule has 24 heavy (non-hydrogen) atoms. The molecule has 2 aliphatic rings. The maximum Gasteiger partial charge on any atom is 0.315 e. The van der Waals surface area contributed by atoms with Gasteiger partial charge in [-0.1, -0.05) is 25.7 Å². The van der Waals surface area contributed by atoms with Crippen LogP contribution in [0.4, 0.5) is 4.79 Å². The van der Waals surface area contributed by atoms with Crippen molar-refractivity contribution in [3.05, 3.63) is 0 Å². The monoisotopic (exact) mass is 339 g/mol. The molecule has 6 heteroatoms. The molecule has 6 nitrogen and oxygen atoms in total. The minimum Gasteiger partial charge on any atom is -0.396 e. The smallest absolute Gasteiger partial charge is 0.315 e. The Morgan fingerprint density at radius 1 is 1.29 bits per heavy atom. The number of hydrogen-bond donors (Lipinski definition) is 3. The lowest BCUT2D eigenvalue weighted by Crippen LogP contribution is -2.47. The van der Waals surface area contributed by atoms with Gasteiger partial charge in [0.05, 0.1) is 0 Å². The fourth-order valence-corrected chi connectivity index (χ4v) is 4.03. The fraction of sp³-hybridized carbons (Fsp3) is 0.889. The van der Waals surface area contributed by atoms with Crippen LogP contribution in [0.2, 0.25) is 0 Å². The normalized spacial score (nSPS) is 23.8. The molecule has 1 aliphatic carbocycles.